The molecule has 0 spiro atoms. The summed E-state index contributed by atoms with van der Waals surface area (Å²) < 4.78 is 0. The second kappa shape index (κ2) is 9.13. The molecule has 0 saturated carbocycles. The summed E-state index contributed by atoms with van der Waals surface area (Å²) in [5, 5.41) is 3.20. The number of aromatic nitrogens is 1. The third-order valence-corrected chi connectivity index (χ3v) is 3.28. The first-order valence-corrected chi connectivity index (χ1v) is 6.16. The highest BCUT2D eigenvalue weighted by Gasteiger charge is 2.23. The lowest BCUT2D eigenvalue weighted by molar-refractivity contribution is 0.0685. The number of amides is 1. The number of nitrogens with zero attached hydrogens (tertiary/aromatic N) is 2. The molecule has 0 atom stereocenters. The van der Waals surface area contributed by atoms with E-state index in [9.17, 15) is 4.79 Å². The average molecular weight is 306 g/mol. The van der Waals surface area contributed by atoms with E-state index in [0.717, 1.165) is 32.5 Å². The van der Waals surface area contributed by atoms with E-state index in [4.69, 9.17) is 0 Å². The second-order valence-electron chi connectivity index (χ2n) is 4.51. The van der Waals surface area contributed by atoms with Crippen LogP contribution in [0, 0.1) is 5.92 Å². The minimum absolute atomic E-state index is 0. The van der Waals surface area contributed by atoms with Crippen LogP contribution in [0.5, 0.6) is 0 Å². The van der Waals surface area contributed by atoms with Crippen molar-refractivity contribution in [3.05, 3.63) is 30.1 Å². The van der Waals surface area contributed by atoms with Crippen LogP contribution in [-0.2, 0) is 0 Å². The summed E-state index contributed by atoms with van der Waals surface area (Å²) in [5.41, 5.74) is 0.555. The largest absolute Gasteiger partial charge is 0.337 e. The third-order valence-electron chi connectivity index (χ3n) is 3.28. The van der Waals surface area contributed by atoms with Crippen molar-refractivity contribution in [3.63, 3.8) is 0 Å². The molecule has 2 heterocycles. The Balaban J connectivity index is 0.00000162. The number of hydrogen-bond acceptors (Lipinski definition) is 3. The maximum atomic E-state index is 12.1. The molecule has 6 heteroatoms. The van der Waals surface area contributed by atoms with Crippen LogP contribution < -0.4 is 5.32 Å². The molecule has 2 rings (SSSR count). The molecule has 1 aliphatic heterocycles. The molecule has 0 unspecified atom stereocenters. The van der Waals surface area contributed by atoms with Crippen LogP contribution in [0.1, 0.15) is 23.3 Å². The maximum Gasteiger partial charge on any atom is 0.272 e. The molecule has 1 saturated heterocycles. The second-order valence-corrected chi connectivity index (χ2v) is 4.51. The van der Waals surface area contributed by atoms with Gasteiger partial charge in [-0.25, -0.2) is 0 Å². The lowest BCUT2D eigenvalue weighted by atomic mass is 9.96. The molecule has 1 fully saturated rings. The molecule has 1 aliphatic rings. The van der Waals surface area contributed by atoms with Crippen LogP contribution in [-0.4, -0.2) is 42.5 Å². The van der Waals surface area contributed by atoms with Gasteiger partial charge in [-0.3, -0.25) is 9.78 Å². The zero-order chi connectivity index (χ0) is 12.1. The van der Waals surface area contributed by atoms with Crippen LogP contribution in [0.2, 0.25) is 0 Å². The van der Waals surface area contributed by atoms with Gasteiger partial charge in [0.15, 0.2) is 0 Å². The van der Waals surface area contributed by atoms with E-state index in [1.807, 2.05) is 24.1 Å². The van der Waals surface area contributed by atoms with Gasteiger partial charge in [0.2, 0.25) is 0 Å². The Morgan fingerprint density at radius 1 is 1.37 bits per heavy atom. The molecule has 1 aromatic rings. The average Bonchev–Trinajstić information content (AvgIpc) is 2.40. The van der Waals surface area contributed by atoms with E-state index in [-0.39, 0.29) is 30.7 Å². The first kappa shape index (κ1) is 18.2. The first-order chi connectivity index (χ1) is 8.31. The zero-order valence-electron chi connectivity index (χ0n) is 11.0. The number of likely N-dealkylation sites (tertiary alicyclic amines) is 1. The number of nitrogens with one attached hydrogen (secondary N) is 1. The smallest absolute Gasteiger partial charge is 0.272 e. The molecule has 108 valence electrons. The molecule has 1 N–H and O–H groups in total. The molecular formula is C13H21Cl2N3O. The van der Waals surface area contributed by atoms with Gasteiger partial charge in [-0.05, 0) is 44.5 Å². The van der Waals surface area contributed by atoms with Crippen molar-refractivity contribution in [2.75, 3.05) is 26.7 Å². The molecule has 19 heavy (non-hydrogen) atoms. The Labute approximate surface area is 126 Å². The van der Waals surface area contributed by atoms with Gasteiger partial charge < -0.3 is 10.2 Å². The van der Waals surface area contributed by atoms with E-state index in [2.05, 4.69) is 10.3 Å². The van der Waals surface area contributed by atoms with Gasteiger partial charge in [0.1, 0.15) is 5.69 Å². The third kappa shape index (κ3) is 4.97. The first-order valence-electron chi connectivity index (χ1n) is 6.16. The van der Waals surface area contributed by atoms with E-state index >= 15 is 0 Å². The topological polar surface area (TPSA) is 45.2 Å². The van der Waals surface area contributed by atoms with Crippen molar-refractivity contribution < 1.29 is 4.79 Å². The van der Waals surface area contributed by atoms with Crippen molar-refractivity contribution in [1.29, 1.82) is 0 Å². The highest BCUT2D eigenvalue weighted by Crippen LogP contribution is 2.17. The number of halogens is 2. The van der Waals surface area contributed by atoms with Crippen molar-refractivity contribution in [1.82, 2.24) is 15.2 Å². The SMILES string of the molecule is CNCC1CCN(C(=O)c2ccccn2)CC1.Cl.Cl. The van der Waals surface area contributed by atoms with Gasteiger partial charge in [0, 0.05) is 19.3 Å². The van der Waals surface area contributed by atoms with Crippen LogP contribution in [0.15, 0.2) is 24.4 Å². The summed E-state index contributed by atoms with van der Waals surface area (Å²) in [5.74, 6) is 0.765. The van der Waals surface area contributed by atoms with Crippen LogP contribution in [0.25, 0.3) is 0 Å². The molecule has 0 radical (unpaired) electrons. The minimum atomic E-state index is 0. The molecule has 0 aliphatic carbocycles. The maximum absolute atomic E-state index is 12.1. The minimum Gasteiger partial charge on any atom is -0.337 e. The zero-order valence-corrected chi connectivity index (χ0v) is 12.7. The summed E-state index contributed by atoms with van der Waals surface area (Å²) in [7, 11) is 1.98. The van der Waals surface area contributed by atoms with Crippen molar-refractivity contribution >= 4 is 30.7 Å². The van der Waals surface area contributed by atoms with Crippen molar-refractivity contribution in [2.45, 2.75) is 12.8 Å². The predicted molar refractivity (Wildman–Crippen MR) is 81.3 cm³/mol. The molecule has 1 amide bonds. The van der Waals surface area contributed by atoms with Crippen molar-refractivity contribution in [2.24, 2.45) is 5.92 Å². The summed E-state index contributed by atoms with van der Waals surface area (Å²) in [4.78, 5) is 18.1. The van der Waals surface area contributed by atoms with E-state index in [1.54, 1.807) is 12.3 Å². The van der Waals surface area contributed by atoms with E-state index in [0.29, 0.717) is 11.6 Å². The summed E-state index contributed by atoms with van der Waals surface area (Å²) in [6.07, 6.45) is 3.83. The molecule has 0 aromatic carbocycles. The van der Waals surface area contributed by atoms with Gasteiger partial charge in [-0.1, -0.05) is 6.07 Å². The fourth-order valence-corrected chi connectivity index (χ4v) is 2.28. The fourth-order valence-electron chi connectivity index (χ4n) is 2.28. The molecule has 1 aromatic heterocycles. The van der Waals surface area contributed by atoms with Crippen LogP contribution in [0.3, 0.4) is 0 Å². The number of pyridine rings is 1. The number of carbonyl (C=O) groups is 1. The molecular weight excluding hydrogens is 285 g/mol. The quantitative estimate of drug-likeness (QED) is 0.929. The Hall–Kier alpha value is -0.840. The van der Waals surface area contributed by atoms with Gasteiger partial charge >= 0.3 is 0 Å². The normalized spacial score (nSPS) is 15.3. The Morgan fingerprint density at radius 2 is 2.05 bits per heavy atom. The number of carbonyl (C=O) groups excluding carboxylic acids is 1. The van der Waals surface area contributed by atoms with Crippen LogP contribution >= 0.6 is 24.8 Å². The fraction of sp³-hybridized carbons (Fsp3) is 0.538. The summed E-state index contributed by atoms with van der Waals surface area (Å²) >= 11 is 0. The van der Waals surface area contributed by atoms with Crippen molar-refractivity contribution in [3.8, 4) is 0 Å². The molecule has 4 nitrogen and oxygen atoms in total. The van der Waals surface area contributed by atoms with Gasteiger partial charge in [0.05, 0.1) is 0 Å². The van der Waals surface area contributed by atoms with E-state index in [1.165, 1.54) is 0 Å². The van der Waals surface area contributed by atoms with E-state index < -0.39 is 0 Å². The number of hydrogen-bond donors (Lipinski definition) is 1. The summed E-state index contributed by atoms with van der Waals surface area (Å²) in [6.45, 7) is 2.75. The standard InChI is InChI=1S/C13H19N3O.2ClH/c1-14-10-11-5-8-16(9-6-11)13(17)12-4-2-3-7-15-12;;/h2-4,7,11,14H,5-6,8-10H2,1H3;2*1H. The lowest BCUT2D eigenvalue weighted by Crippen LogP contribution is -2.40. The predicted octanol–water partition coefficient (Wildman–Crippen LogP) is 2.00. The monoisotopic (exact) mass is 305 g/mol. The Bertz CT molecular complexity index is 367. The number of piperidine rings is 1. The van der Waals surface area contributed by atoms with Gasteiger partial charge in [0.25, 0.3) is 5.91 Å². The highest BCUT2D eigenvalue weighted by molar-refractivity contribution is 5.92. The Morgan fingerprint density at radius 3 is 2.58 bits per heavy atom. The van der Waals surface area contributed by atoms with Gasteiger partial charge in [-0.15, -0.1) is 24.8 Å². The summed E-state index contributed by atoms with van der Waals surface area (Å²) in [6, 6.07) is 5.46. The van der Waals surface area contributed by atoms with Crippen LogP contribution in [0.4, 0.5) is 0 Å². The Kier molecular flexibility index (Phi) is 8.72. The number of rotatable bonds is 3. The molecule has 0 bridgehead atoms. The highest BCUT2D eigenvalue weighted by atomic mass is 35.5. The lowest BCUT2D eigenvalue weighted by Gasteiger charge is -2.31. The van der Waals surface area contributed by atoms with Gasteiger partial charge in [-0.2, -0.15) is 0 Å².